The van der Waals surface area contributed by atoms with E-state index in [0.717, 1.165) is 18.1 Å². The predicted octanol–water partition coefficient (Wildman–Crippen LogP) is 1.66. The molecule has 0 aliphatic carbocycles. The van der Waals surface area contributed by atoms with Crippen molar-refractivity contribution in [2.45, 2.75) is 26.8 Å². The maximum absolute atomic E-state index is 11.7. The first kappa shape index (κ1) is 13.1. The minimum absolute atomic E-state index is 0.138. The van der Waals surface area contributed by atoms with Crippen molar-refractivity contribution in [1.82, 2.24) is 15.2 Å². The van der Waals surface area contributed by atoms with Gasteiger partial charge in [-0.15, -0.1) is 11.3 Å². The lowest BCUT2D eigenvalue weighted by molar-refractivity contribution is -0.129. The van der Waals surface area contributed by atoms with Gasteiger partial charge in [-0.1, -0.05) is 0 Å². The lowest BCUT2D eigenvalue weighted by Crippen LogP contribution is -2.38. The van der Waals surface area contributed by atoms with Crippen LogP contribution in [0.25, 0.3) is 0 Å². The fourth-order valence-electron chi connectivity index (χ4n) is 1.46. The van der Waals surface area contributed by atoms with Gasteiger partial charge in [-0.2, -0.15) is 0 Å². The molecule has 0 aromatic carbocycles. The van der Waals surface area contributed by atoms with Crippen LogP contribution in [0, 0.1) is 0 Å². The van der Waals surface area contributed by atoms with Crippen LogP contribution < -0.4 is 5.32 Å². The van der Waals surface area contributed by atoms with E-state index in [-0.39, 0.29) is 11.9 Å². The number of likely N-dealkylation sites (N-methyl/N-ethyl adjacent to an activating group) is 1. The second kappa shape index (κ2) is 6.60. The number of carbonyl (C=O) groups is 1. The summed E-state index contributed by atoms with van der Waals surface area (Å²) in [6.45, 7) is 7.92. The highest BCUT2D eigenvalue weighted by molar-refractivity contribution is 7.09. The summed E-state index contributed by atoms with van der Waals surface area (Å²) in [6.07, 6.45) is 1.78. The quantitative estimate of drug-likeness (QED) is 0.824. The molecule has 1 unspecified atom stereocenters. The minimum atomic E-state index is 0.138. The van der Waals surface area contributed by atoms with Crippen LogP contribution in [-0.2, 0) is 4.79 Å². The number of aromatic nitrogens is 1. The molecule has 0 saturated heterocycles. The zero-order chi connectivity index (χ0) is 12.0. The normalized spacial score (nSPS) is 12.4. The molecular formula is C11H19N3OS. The van der Waals surface area contributed by atoms with Gasteiger partial charge in [0.2, 0.25) is 5.91 Å². The van der Waals surface area contributed by atoms with E-state index in [1.807, 2.05) is 31.1 Å². The van der Waals surface area contributed by atoms with Crippen LogP contribution in [-0.4, -0.2) is 35.4 Å². The van der Waals surface area contributed by atoms with Gasteiger partial charge < -0.3 is 4.90 Å². The summed E-state index contributed by atoms with van der Waals surface area (Å²) in [5, 5.41) is 6.16. The first-order valence-electron chi connectivity index (χ1n) is 5.59. The van der Waals surface area contributed by atoms with Crippen LogP contribution in [0.5, 0.6) is 0 Å². The van der Waals surface area contributed by atoms with Crippen LogP contribution in [0.15, 0.2) is 11.6 Å². The van der Waals surface area contributed by atoms with Gasteiger partial charge in [-0.25, -0.2) is 4.98 Å². The summed E-state index contributed by atoms with van der Waals surface area (Å²) in [4.78, 5) is 17.8. The summed E-state index contributed by atoms with van der Waals surface area (Å²) in [6, 6.07) is 0.138. The maximum atomic E-state index is 11.7. The Morgan fingerprint density at radius 2 is 2.25 bits per heavy atom. The van der Waals surface area contributed by atoms with Gasteiger partial charge in [0.25, 0.3) is 0 Å². The molecule has 0 aliphatic heterocycles. The molecule has 1 heterocycles. The Morgan fingerprint density at radius 3 is 2.75 bits per heavy atom. The van der Waals surface area contributed by atoms with E-state index >= 15 is 0 Å². The molecule has 0 saturated carbocycles. The number of rotatable bonds is 6. The zero-order valence-corrected chi connectivity index (χ0v) is 10.9. The SMILES string of the molecule is CCN(CC)C(=O)CNC(C)c1nccs1. The second-order valence-corrected chi connectivity index (χ2v) is 4.47. The standard InChI is InChI=1S/C11H19N3OS/c1-4-14(5-2)10(15)8-13-9(3)11-12-6-7-16-11/h6-7,9,13H,4-5,8H2,1-3H3. The number of amides is 1. The van der Waals surface area contributed by atoms with Gasteiger partial charge in [0.15, 0.2) is 0 Å². The fourth-order valence-corrected chi connectivity index (χ4v) is 2.13. The van der Waals surface area contributed by atoms with E-state index in [9.17, 15) is 4.79 Å². The van der Waals surface area contributed by atoms with Gasteiger partial charge in [-0.3, -0.25) is 10.1 Å². The molecule has 0 spiro atoms. The lowest BCUT2D eigenvalue weighted by atomic mass is 10.3. The van der Waals surface area contributed by atoms with Crippen LogP contribution in [0.4, 0.5) is 0 Å². The van der Waals surface area contributed by atoms with Crippen molar-refractivity contribution >= 4 is 17.2 Å². The predicted molar refractivity (Wildman–Crippen MR) is 66.5 cm³/mol. The monoisotopic (exact) mass is 241 g/mol. The van der Waals surface area contributed by atoms with Gasteiger partial charge in [0.1, 0.15) is 5.01 Å². The van der Waals surface area contributed by atoms with Crippen molar-refractivity contribution < 1.29 is 4.79 Å². The third-order valence-electron chi connectivity index (χ3n) is 2.50. The smallest absolute Gasteiger partial charge is 0.236 e. The number of hydrogen-bond acceptors (Lipinski definition) is 4. The van der Waals surface area contributed by atoms with Gasteiger partial charge in [0, 0.05) is 24.7 Å². The third-order valence-corrected chi connectivity index (χ3v) is 3.46. The molecular weight excluding hydrogens is 222 g/mol. The molecule has 16 heavy (non-hydrogen) atoms. The van der Waals surface area contributed by atoms with Crippen LogP contribution >= 0.6 is 11.3 Å². The van der Waals surface area contributed by atoms with E-state index in [1.165, 1.54) is 0 Å². The van der Waals surface area contributed by atoms with Crippen molar-refractivity contribution in [1.29, 1.82) is 0 Å². The highest BCUT2D eigenvalue weighted by Crippen LogP contribution is 2.14. The van der Waals surface area contributed by atoms with Crippen LogP contribution in [0.3, 0.4) is 0 Å². The molecule has 1 atom stereocenters. The second-order valence-electron chi connectivity index (χ2n) is 3.54. The molecule has 0 aliphatic rings. The minimum Gasteiger partial charge on any atom is -0.342 e. The van der Waals surface area contributed by atoms with Crippen molar-refractivity contribution in [3.05, 3.63) is 16.6 Å². The Balaban J connectivity index is 2.37. The summed E-state index contributed by atoms with van der Waals surface area (Å²) in [5.41, 5.74) is 0. The molecule has 1 amide bonds. The Morgan fingerprint density at radius 1 is 1.56 bits per heavy atom. The fraction of sp³-hybridized carbons (Fsp3) is 0.636. The van der Waals surface area contributed by atoms with Gasteiger partial charge in [-0.05, 0) is 20.8 Å². The van der Waals surface area contributed by atoms with E-state index < -0.39 is 0 Å². The van der Waals surface area contributed by atoms with Crippen molar-refractivity contribution in [3.63, 3.8) is 0 Å². The zero-order valence-electron chi connectivity index (χ0n) is 10.1. The molecule has 90 valence electrons. The number of nitrogens with one attached hydrogen (secondary N) is 1. The highest BCUT2D eigenvalue weighted by Gasteiger charge is 2.12. The molecule has 1 aromatic rings. The molecule has 1 aromatic heterocycles. The molecule has 1 rings (SSSR count). The van der Waals surface area contributed by atoms with Gasteiger partial charge >= 0.3 is 0 Å². The van der Waals surface area contributed by atoms with Crippen LogP contribution in [0.1, 0.15) is 31.8 Å². The summed E-state index contributed by atoms with van der Waals surface area (Å²) < 4.78 is 0. The molecule has 0 fully saturated rings. The number of nitrogens with zero attached hydrogens (tertiary/aromatic N) is 2. The first-order chi connectivity index (χ1) is 7.69. The van der Waals surface area contributed by atoms with Crippen molar-refractivity contribution in [3.8, 4) is 0 Å². The topological polar surface area (TPSA) is 45.2 Å². The molecule has 1 N–H and O–H groups in total. The van der Waals surface area contributed by atoms with E-state index in [4.69, 9.17) is 0 Å². The Labute approximate surface area is 101 Å². The van der Waals surface area contributed by atoms with E-state index in [2.05, 4.69) is 10.3 Å². The van der Waals surface area contributed by atoms with Crippen LogP contribution in [0.2, 0.25) is 0 Å². The Hall–Kier alpha value is -0.940. The average Bonchev–Trinajstić information content (AvgIpc) is 2.81. The largest absolute Gasteiger partial charge is 0.342 e. The number of carbonyl (C=O) groups excluding carboxylic acids is 1. The first-order valence-corrected chi connectivity index (χ1v) is 6.47. The number of hydrogen-bond donors (Lipinski definition) is 1. The van der Waals surface area contributed by atoms with E-state index in [1.54, 1.807) is 17.5 Å². The van der Waals surface area contributed by atoms with Crippen molar-refractivity contribution in [2.24, 2.45) is 0 Å². The Bertz CT molecular complexity index is 309. The van der Waals surface area contributed by atoms with Crippen molar-refractivity contribution in [2.75, 3.05) is 19.6 Å². The molecule has 5 heteroatoms. The highest BCUT2D eigenvalue weighted by atomic mass is 32.1. The third kappa shape index (κ3) is 3.57. The van der Waals surface area contributed by atoms with E-state index in [0.29, 0.717) is 6.54 Å². The summed E-state index contributed by atoms with van der Waals surface area (Å²) in [7, 11) is 0. The summed E-state index contributed by atoms with van der Waals surface area (Å²) >= 11 is 1.60. The molecule has 0 bridgehead atoms. The average molecular weight is 241 g/mol. The summed E-state index contributed by atoms with van der Waals surface area (Å²) in [5.74, 6) is 0.147. The Kier molecular flexibility index (Phi) is 5.42. The molecule has 0 radical (unpaired) electrons. The number of thiazole rings is 1. The molecule has 4 nitrogen and oxygen atoms in total. The van der Waals surface area contributed by atoms with Gasteiger partial charge in [0.05, 0.1) is 12.6 Å². The maximum Gasteiger partial charge on any atom is 0.236 e. The lowest BCUT2D eigenvalue weighted by Gasteiger charge is -2.20.